The standard InChI is InChI=1S/C51H97N3O6/c1-5-9-13-17-19-23-33-46(31-21-15-11-7-3)50(57)59-41-29-25-35-48(55)43-54(39-28-27-38-53-40-37-52-45-53)44-49(56)36-26-30-42-60-51(58)47(32-22-16-12-8-4)34-24-20-18-14-10-6-2/h37,40,45-49,55-56H,5-36,38-39,41-44H2,1-4H3. The summed E-state index contributed by atoms with van der Waals surface area (Å²) in [5.41, 5.74) is 0. The van der Waals surface area contributed by atoms with E-state index in [1.54, 1.807) is 6.20 Å². The molecule has 9 heteroatoms. The number of carbonyl (C=O) groups is 2. The van der Waals surface area contributed by atoms with Crippen molar-refractivity contribution < 1.29 is 29.3 Å². The van der Waals surface area contributed by atoms with Gasteiger partial charge in [-0.3, -0.25) is 14.5 Å². The number of aromatic nitrogens is 2. The number of aliphatic hydroxyl groups excluding tert-OH is 2. The van der Waals surface area contributed by atoms with E-state index in [0.29, 0.717) is 39.1 Å². The van der Waals surface area contributed by atoms with Crippen molar-refractivity contribution in [3.05, 3.63) is 18.7 Å². The summed E-state index contributed by atoms with van der Waals surface area (Å²) in [4.78, 5) is 32.5. The Hall–Kier alpha value is -1.97. The quantitative estimate of drug-likeness (QED) is 0.0493. The van der Waals surface area contributed by atoms with E-state index in [1.807, 2.05) is 12.5 Å². The first-order valence-electron chi connectivity index (χ1n) is 25.7. The van der Waals surface area contributed by atoms with Crippen LogP contribution in [0.25, 0.3) is 0 Å². The molecule has 1 aromatic rings. The highest BCUT2D eigenvalue weighted by Gasteiger charge is 2.21. The summed E-state index contributed by atoms with van der Waals surface area (Å²) in [6.45, 7) is 12.5. The van der Waals surface area contributed by atoms with Gasteiger partial charge in [-0.25, -0.2) is 4.98 Å². The van der Waals surface area contributed by atoms with Crippen molar-refractivity contribution in [3.8, 4) is 0 Å². The SMILES string of the molecule is CCCCCCCCC(CCCCCC)C(=O)OCCCCC(O)CN(CCCCn1ccnc1)CC(O)CCCCOC(=O)C(CCCCCC)CCCCCCCC. The summed E-state index contributed by atoms with van der Waals surface area (Å²) in [5, 5.41) is 22.2. The molecule has 0 aliphatic rings. The average Bonchev–Trinajstić information content (AvgIpc) is 3.76. The number of unbranched alkanes of at least 4 members (excludes halogenated alkanes) is 19. The molecule has 60 heavy (non-hydrogen) atoms. The van der Waals surface area contributed by atoms with Crippen LogP contribution in [0.15, 0.2) is 18.7 Å². The highest BCUT2D eigenvalue weighted by molar-refractivity contribution is 5.72. The van der Waals surface area contributed by atoms with Gasteiger partial charge in [0, 0.05) is 32.0 Å². The number of ether oxygens (including phenoxy) is 2. The second-order valence-corrected chi connectivity index (χ2v) is 18.1. The molecule has 0 bridgehead atoms. The van der Waals surface area contributed by atoms with E-state index in [0.717, 1.165) is 103 Å². The molecule has 0 amide bonds. The van der Waals surface area contributed by atoms with E-state index in [4.69, 9.17) is 9.47 Å². The van der Waals surface area contributed by atoms with Crippen LogP contribution in [0.1, 0.15) is 233 Å². The van der Waals surface area contributed by atoms with Crippen LogP contribution in [0.5, 0.6) is 0 Å². The Morgan fingerprint density at radius 1 is 0.517 bits per heavy atom. The van der Waals surface area contributed by atoms with E-state index < -0.39 is 12.2 Å². The molecular weight excluding hydrogens is 751 g/mol. The van der Waals surface area contributed by atoms with Gasteiger partial charge in [-0.1, -0.05) is 156 Å². The van der Waals surface area contributed by atoms with Crippen molar-refractivity contribution in [2.45, 2.75) is 252 Å². The van der Waals surface area contributed by atoms with Crippen LogP contribution in [-0.4, -0.2) is 81.7 Å². The summed E-state index contributed by atoms with van der Waals surface area (Å²) >= 11 is 0. The first-order chi connectivity index (χ1) is 29.3. The minimum atomic E-state index is -0.508. The Morgan fingerprint density at radius 3 is 1.30 bits per heavy atom. The molecule has 0 saturated heterocycles. The molecule has 1 rings (SSSR count). The number of esters is 2. The summed E-state index contributed by atoms with van der Waals surface area (Å²) in [7, 11) is 0. The number of hydrogen-bond acceptors (Lipinski definition) is 8. The Morgan fingerprint density at radius 2 is 0.900 bits per heavy atom. The molecule has 0 saturated carbocycles. The number of carbonyl (C=O) groups excluding carboxylic acids is 2. The maximum atomic E-state index is 13.1. The van der Waals surface area contributed by atoms with Gasteiger partial charge in [0.25, 0.3) is 0 Å². The normalized spacial score (nSPS) is 13.7. The third-order valence-electron chi connectivity index (χ3n) is 12.3. The largest absolute Gasteiger partial charge is 0.465 e. The lowest BCUT2D eigenvalue weighted by molar-refractivity contribution is -0.150. The molecule has 2 N–H and O–H groups in total. The Labute approximate surface area is 369 Å². The minimum Gasteiger partial charge on any atom is -0.465 e. The summed E-state index contributed by atoms with van der Waals surface area (Å²) < 4.78 is 13.7. The number of hydrogen-bond donors (Lipinski definition) is 2. The van der Waals surface area contributed by atoms with Crippen molar-refractivity contribution in [3.63, 3.8) is 0 Å². The monoisotopic (exact) mass is 848 g/mol. The lowest BCUT2D eigenvalue weighted by Crippen LogP contribution is -2.38. The van der Waals surface area contributed by atoms with Gasteiger partial charge in [0.05, 0.1) is 43.6 Å². The fourth-order valence-corrected chi connectivity index (χ4v) is 8.37. The second kappa shape index (κ2) is 41.1. The van der Waals surface area contributed by atoms with Crippen LogP contribution in [-0.2, 0) is 25.6 Å². The van der Waals surface area contributed by atoms with Crippen LogP contribution >= 0.6 is 0 Å². The van der Waals surface area contributed by atoms with E-state index in [-0.39, 0.29) is 23.8 Å². The Bertz CT molecular complexity index is 1010. The maximum Gasteiger partial charge on any atom is 0.308 e. The third kappa shape index (κ3) is 32.7. The van der Waals surface area contributed by atoms with Crippen molar-refractivity contribution in [2.75, 3.05) is 32.8 Å². The zero-order valence-corrected chi connectivity index (χ0v) is 39.8. The van der Waals surface area contributed by atoms with Crippen LogP contribution in [0.3, 0.4) is 0 Å². The average molecular weight is 848 g/mol. The molecule has 4 atom stereocenters. The van der Waals surface area contributed by atoms with E-state index >= 15 is 0 Å². The lowest BCUT2D eigenvalue weighted by Gasteiger charge is -2.27. The van der Waals surface area contributed by atoms with E-state index in [2.05, 4.69) is 42.1 Å². The number of aryl methyl sites for hydroxylation is 1. The minimum absolute atomic E-state index is 0.0135. The van der Waals surface area contributed by atoms with Gasteiger partial charge in [0.15, 0.2) is 0 Å². The molecule has 1 aromatic heterocycles. The number of aliphatic hydroxyl groups is 2. The van der Waals surface area contributed by atoms with Gasteiger partial charge in [-0.05, 0) is 83.6 Å². The molecular formula is C51H97N3O6. The number of rotatable bonds is 45. The predicted molar refractivity (Wildman–Crippen MR) is 250 cm³/mol. The van der Waals surface area contributed by atoms with Gasteiger partial charge < -0.3 is 24.3 Å². The Kier molecular flexibility index (Phi) is 38.4. The third-order valence-corrected chi connectivity index (χ3v) is 12.3. The van der Waals surface area contributed by atoms with Gasteiger partial charge >= 0.3 is 11.9 Å². The Balaban J connectivity index is 2.52. The van der Waals surface area contributed by atoms with Crippen LogP contribution in [0, 0.1) is 11.8 Å². The van der Waals surface area contributed by atoms with E-state index in [9.17, 15) is 19.8 Å². The molecule has 352 valence electrons. The second-order valence-electron chi connectivity index (χ2n) is 18.1. The smallest absolute Gasteiger partial charge is 0.308 e. The van der Waals surface area contributed by atoms with Crippen molar-refractivity contribution in [2.24, 2.45) is 11.8 Å². The van der Waals surface area contributed by atoms with Crippen molar-refractivity contribution in [1.29, 1.82) is 0 Å². The molecule has 0 aromatic carbocycles. The summed E-state index contributed by atoms with van der Waals surface area (Å²) in [6.07, 6.45) is 38.9. The highest BCUT2D eigenvalue weighted by atomic mass is 16.5. The zero-order valence-electron chi connectivity index (χ0n) is 39.8. The molecule has 1 heterocycles. The number of imidazole rings is 1. The number of nitrogens with zero attached hydrogens (tertiary/aromatic N) is 3. The van der Waals surface area contributed by atoms with Crippen molar-refractivity contribution >= 4 is 11.9 Å². The first-order valence-corrected chi connectivity index (χ1v) is 25.7. The topological polar surface area (TPSA) is 114 Å². The van der Waals surface area contributed by atoms with Gasteiger partial charge in [-0.2, -0.15) is 0 Å². The predicted octanol–water partition coefficient (Wildman–Crippen LogP) is 12.8. The molecule has 0 aliphatic heterocycles. The molecule has 0 spiro atoms. The summed E-state index contributed by atoms with van der Waals surface area (Å²) in [6, 6.07) is 0. The van der Waals surface area contributed by atoms with Crippen molar-refractivity contribution in [1.82, 2.24) is 14.5 Å². The molecule has 0 aliphatic carbocycles. The fourth-order valence-electron chi connectivity index (χ4n) is 8.37. The first kappa shape index (κ1) is 56.0. The molecule has 0 fully saturated rings. The highest BCUT2D eigenvalue weighted by Crippen LogP contribution is 2.22. The van der Waals surface area contributed by atoms with E-state index in [1.165, 1.54) is 103 Å². The van der Waals surface area contributed by atoms with Gasteiger partial charge in [-0.15, -0.1) is 0 Å². The molecule has 9 nitrogen and oxygen atoms in total. The zero-order chi connectivity index (χ0) is 43.7. The van der Waals surface area contributed by atoms with Gasteiger partial charge in [0.1, 0.15) is 0 Å². The molecule has 4 unspecified atom stereocenters. The fraction of sp³-hybridized carbons (Fsp3) is 0.902. The van der Waals surface area contributed by atoms with Crippen LogP contribution in [0.4, 0.5) is 0 Å². The lowest BCUT2D eigenvalue weighted by atomic mass is 9.94. The summed E-state index contributed by atoms with van der Waals surface area (Å²) in [5.74, 6) is -0.0283. The van der Waals surface area contributed by atoms with Gasteiger partial charge in [0.2, 0.25) is 0 Å². The van der Waals surface area contributed by atoms with Crippen LogP contribution in [0.2, 0.25) is 0 Å². The van der Waals surface area contributed by atoms with Crippen LogP contribution < -0.4 is 0 Å². The maximum absolute atomic E-state index is 13.1. The molecule has 0 radical (unpaired) electrons.